The molecule has 0 radical (unpaired) electrons. The summed E-state index contributed by atoms with van der Waals surface area (Å²) in [6.07, 6.45) is 6.45. The van der Waals surface area contributed by atoms with Crippen LogP contribution in [0.15, 0.2) is 28.7 Å². The molecule has 5 nitrogen and oxygen atoms in total. The summed E-state index contributed by atoms with van der Waals surface area (Å²) >= 11 is 3.44. The van der Waals surface area contributed by atoms with Crippen molar-refractivity contribution in [1.29, 1.82) is 0 Å². The number of hydrogen-bond acceptors (Lipinski definition) is 2. The minimum atomic E-state index is -0.367. The molecule has 1 saturated carbocycles. The van der Waals surface area contributed by atoms with E-state index < -0.39 is 0 Å². The molecule has 0 spiro atoms. The van der Waals surface area contributed by atoms with Crippen molar-refractivity contribution in [1.82, 2.24) is 10.6 Å². The highest BCUT2D eigenvalue weighted by Crippen LogP contribution is 2.17. The fourth-order valence-corrected chi connectivity index (χ4v) is 3.59. The summed E-state index contributed by atoms with van der Waals surface area (Å²) in [5.74, 6) is -0.246. The van der Waals surface area contributed by atoms with Crippen molar-refractivity contribution in [2.75, 3.05) is 0 Å². The molecule has 0 bridgehead atoms. The number of imide groups is 1. The number of amides is 3. The van der Waals surface area contributed by atoms with Crippen LogP contribution in [0.25, 0.3) is 0 Å². The Morgan fingerprint density at radius 1 is 1.20 bits per heavy atom. The summed E-state index contributed by atoms with van der Waals surface area (Å²) in [5.41, 5.74) is 1.18. The lowest BCUT2D eigenvalue weighted by molar-refractivity contribution is -0.713. The number of benzene rings is 1. The lowest BCUT2D eigenvalue weighted by atomic mass is 9.96. The van der Waals surface area contributed by atoms with Gasteiger partial charge in [0.2, 0.25) is 0 Å². The molecule has 25 heavy (non-hydrogen) atoms. The molecule has 0 heterocycles. The summed E-state index contributed by atoms with van der Waals surface area (Å²) in [7, 11) is 0. The largest absolute Gasteiger partial charge is 0.335 e. The Kier molecular flexibility index (Phi) is 7.90. The molecule has 138 valence electrons. The first kappa shape index (κ1) is 19.9. The lowest BCUT2D eigenvalue weighted by Crippen LogP contribution is -2.92. The van der Waals surface area contributed by atoms with Crippen LogP contribution in [-0.4, -0.2) is 24.0 Å². The Balaban J connectivity index is 1.83. The number of rotatable bonds is 6. The van der Waals surface area contributed by atoms with Gasteiger partial charge in [0.05, 0.1) is 0 Å². The van der Waals surface area contributed by atoms with Crippen LogP contribution in [-0.2, 0) is 4.79 Å². The maximum absolute atomic E-state index is 12.3. The van der Waals surface area contributed by atoms with E-state index in [0.29, 0.717) is 0 Å². The van der Waals surface area contributed by atoms with Gasteiger partial charge in [-0.1, -0.05) is 54.2 Å². The number of quaternary nitrogens is 1. The van der Waals surface area contributed by atoms with Gasteiger partial charge in [0.15, 0.2) is 6.04 Å². The van der Waals surface area contributed by atoms with E-state index >= 15 is 0 Å². The van der Waals surface area contributed by atoms with Gasteiger partial charge >= 0.3 is 6.03 Å². The molecule has 2 rings (SSSR count). The Morgan fingerprint density at radius 3 is 2.44 bits per heavy atom. The highest BCUT2D eigenvalue weighted by atomic mass is 79.9. The summed E-state index contributed by atoms with van der Waals surface area (Å²) in [6.45, 7) is 3.94. The molecular formula is C19H29BrN3O2+. The Labute approximate surface area is 158 Å². The quantitative estimate of drug-likeness (QED) is 0.673. The van der Waals surface area contributed by atoms with E-state index in [0.717, 1.165) is 36.6 Å². The van der Waals surface area contributed by atoms with E-state index in [2.05, 4.69) is 45.6 Å². The third-order valence-electron chi connectivity index (χ3n) is 4.85. The van der Waals surface area contributed by atoms with Gasteiger partial charge in [-0.25, -0.2) is 4.79 Å². The number of nitrogens with two attached hydrogens (primary N) is 1. The lowest BCUT2D eigenvalue weighted by Gasteiger charge is -2.23. The van der Waals surface area contributed by atoms with Crippen LogP contribution in [0.1, 0.15) is 64.0 Å². The molecule has 0 aromatic heterocycles. The van der Waals surface area contributed by atoms with Crippen LogP contribution < -0.4 is 16.0 Å². The third kappa shape index (κ3) is 6.44. The molecule has 1 aromatic rings. The average Bonchev–Trinajstić information content (AvgIpc) is 2.61. The van der Waals surface area contributed by atoms with Gasteiger partial charge in [-0.2, -0.15) is 0 Å². The van der Waals surface area contributed by atoms with E-state index in [1.807, 2.05) is 24.4 Å². The summed E-state index contributed by atoms with van der Waals surface area (Å²) < 4.78 is 1.04. The van der Waals surface area contributed by atoms with E-state index in [9.17, 15) is 9.59 Å². The molecule has 1 aromatic carbocycles. The highest BCUT2D eigenvalue weighted by Gasteiger charge is 2.24. The third-order valence-corrected chi connectivity index (χ3v) is 5.38. The Morgan fingerprint density at radius 2 is 1.84 bits per heavy atom. The second-order valence-electron chi connectivity index (χ2n) is 6.85. The van der Waals surface area contributed by atoms with Crippen LogP contribution in [0, 0.1) is 0 Å². The van der Waals surface area contributed by atoms with Crippen molar-refractivity contribution in [2.45, 2.75) is 70.5 Å². The average molecular weight is 411 g/mol. The Hall–Kier alpha value is -1.40. The van der Waals surface area contributed by atoms with Crippen molar-refractivity contribution in [3.63, 3.8) is 0 Å². The Bertz CT molecular complexity index is 571. The molecule has 0 aliphatic heterocycles. The smallest absolute Gasteiger partial charge is 0.321 e. The maximum Gasteiger partial charge on any atom is 0.321 e. The van der Waals surface area contributed by atoms with Crippen molar-refractivity contribution in [2.24, 2.45) is 0 Å². The zero-order chi connectivity index (χ0) is 18.2. The zero-order valence-corrected chi connectivity index (χ0v) is 16.6. The van der Waals surface area contributed by atoms with Gasteiger partial charge in [0, 0.05) is 22.5 Å². The molecule has 0 saturated heterocycles. The zero-order valence-electron chi connectivity index (χ0n) is 15.1. The fraction of sp³-hybridized carbons (Fsp3) is 0.579. The highest BCUT2D eigenvalue weighted by molar-refractivity contribution is 9.10. The molecule has 0 unspecified atom stereocenters. The van der Waals surface area contributed by atoms with Crippen LogP contribution in [0.4, 0.5) is 4.79 Å². The van der Waals surface area contributed by atoms with Crippen LogP contribution >= 0.6 is 15.9 Å². The van der Waals surface area contributed by atoms with E-state index in [1.54, 1.807) is 0 Å². The predicted molar refractivity (Wildman–Crippen MR) is 102 cm³/mol. The van der Waals surface area contributed by atoms with Crippen LogP contribution in [0.5, 0.6) is 0 Å². The van der Waals surface area contributed by atoms with Gasteiger partial charge in [0.25, 0.3) is 5.91 Å². The first-order valence-corrected chi connectivity index (χ1v) is 10.0. The standard InChI is InChI=1S/C19H28BrN3O2/c1-3-17(14-9-11-15(20)12-10-14)21-13(2)18(24)23-19(25)22-16-7-5-4-6-8-16/h9-13,16-17,21H,3-8H2,1-2H3,(H2,22,23,24,25)/p+1/t13-,17-/m1/s1. The summed E-state index contributed by atoms with van der Waals surface area (Å²) in [5, 5.41) is 7.43. The van der Waals surface area contributed by atoms with E-state index in [1.165, 1.54) is 12.0 Å². The molecule has 1 aliphatic rings. The topological polar surface area (TPSA) is 74.8 Å². The number of carbonyl (C=O) groups is 2. The van der Waals surface area contributed by atoms with Crippen molar-refractivity contribution < 1.29 is 14.9 Å². The molecule has 1 aliphatic carbocycles. The number of nitrogens with one attached hydrogen (secondary N) is 2. The number of hydrogen-bond donors (Lipinski definition) is 3. The second-order valence-corrected chi connectivity index (χ2v) is 7.76. The van der Waals surface area contributed by atoms with Crippen molar-refractivity contribution in [3.8, 4) is 0 Å². The minimum absolute atomic E-state index is 0.190. The van der Waals surface area contributed by atoms with Gasteiger partial charge in [-0.05, 0) is 31.9 Å². The maximum atomic E-state index is 12.3. The monoisotopic (exact) mass is 410 g/mol. The second kappa shape index (κ2) is 9.92. The predicted octanol–water partition coefficient (Wildman–Crippen LogP) is 3.01. The first-order chi connectivity index (χ1) is 12.0. The molecule has 3 amide bonds. The van der Waals surface area contributed by atoms with Gasteiger partial charge in [-0.3, -0.25) is 10.1 Å². The number of urea groups is 1. The molecule has 6 heteroatoms. The molecule has 2 atom stereocenters. The van der Waals surface area contributed by atoms with Gasteiger partial charge in [0.1, 0.15) is 6.04 Å². The summed E-state index contributed by atoms with van der Waals surface area (Å²) in [6, 6.07) is 7.84. The molecule has 4 N–H and O–H groups in total. The molecule has 1 fully saturated rings. The van der Waals surface area contributed by atoms with Crippen molar-refractivity contribution in [3.05, 3.63) is 34.3 Å². The van der Waals surface area contributed by atoms with Crippen LogP contribution in [0.3, 0.4) is 0 Å². The molecular weight excluding hydrogens is 382 g/mol. The summed E-state index contributed by atoms with van der Waals surface area (Å²) in [4.78, 5) is 24.3. The normalized spacial score (nSPS) is 17.6. The minimum Gasteiger partial charge on any atom is -0.335 e. The number of carbonyl (C=O) groups excluding carboxylic acids is 2. The SMILES string of the molecule is CC[C@@H]([NH2+][C@H](C)C(=O)NC(=O)NC1CCCCC1)c1ccc(Br)cc1. The van der Waals surface area contributed by atoms with Gasteiger partial charge in [-0.15, -0.1) is 0 Å². The van der Waals surface area contributed by atoms with E-state index in [-0.39, 0.29) is 30.1 Å². The first-order valence-electron chi connectivity index (χ1n) is 9.21. The van der Waals surface area contributed by atoms with Crippen molar-refractivity contribution >= 4 is 27.9 Å². The van der Waals surface area contributed by atoms with Crippen LogP contribution in [0.2, 0.25) is 0 Å². The number of halogens is 1. The van der Waals surface area contributed by atoms with E-state index in [4.69, 9.17) is 0 Å². The fourth-order valence-electron chi connectivity index (χ4n) is 3.32. The van der Waals surface area contributed by atoms with Gasteiger partial charge < -0.3 is 10.6 Å².